The van der Waals surface area contributed by atoms with Crippen molar-refractivity contribution in [3.05, 3.63) is 60.3 Å². The summed E-state index contributed by atoms with van der Waals surface area (Å²) in [6.07, 6.45) is 4.05. The molecular weight excluding hydrogens is 350 g/mol. The Hall–Kier alpha value is -3.15. The summed E-state index contributed by atoms with van der Waals surface area (Å²) in [6.45, 7) is 6.16. The Balaban J connectivity index is 1.54. The molecule has 6 heteroatoms. The third kappa shape index (κ3) is 3.76. The van der Waals surface area contributed by atoms with E-state index in [2.05, 4.69) is 20.3 Å². The number of hydrogen-bond donors (Lipinski definition) is 1. The maximum absolute atomic E-state index is 12.8. The highest BCUT2D eigenvalue weighted by molar-refractivity contribution is 6.04. The smallest absolute Gasteiger partial charge is 0.258 e. The second-order valence-corrected chi connectivity index (χ2v) is 7.37. The molecule has 1 aromatic carbocycles. The molecule has 3 aromatic rings. The molecule has 2 aromatic heterocycles. The van der Waals surface area contributed by atoms with Crippen LogP contribution in [0.5, 0.6) is 0 Å². The van der Waals surface area contributed by atoms with Gasteiger partial charge in [-0.15, -0.1) is 0 Å². The Morgan fingerprint density at radius 1 is 1.07 bits per heavy atom. The van der Waals surface area contributed by atoms with Crippen LogP contribution >= 0.6 is 0 Å². The van der Waals surface area contributed by atoms with Gasteiger partial charge in [-0.3, -0.25) is 4.79 Å². The van der Waals surface area contributed by atoms with Gasteiger partial charge in [0, 0.05) is 37.0 Å². The predicted octanol–water partition coefficient (Wildman–Crippen LogP) is 4.38. The van der Waals surface area contributed by atoms with E-state index in [-0.39, 0.29) is 11.9 Å². The van der Waals surface area contributed by atoms with Crippen LogP contribution in [0.25, 0.3) is 11.3 Å². The summed E-state index contributed by atoms with van der Waals surface area (Å²) in [5.74, 6) is 1.44. The van der Waals surface area contributed by atoms with Crippen molar-refractivity contribution in [3.63, 3.8) is 0 Å². The fraction of sp³-hybridized carbons (Fsp3) is 0.318. The fourth-order valence-electron chi connectivity index (χ4n) is 3.47. The van der Waals surface area contributed by atoms with Gasteiger partial charge in [-0.1, -0.05) is 30.3 Å². The van der Waals surface area contributed by atoms with Gasteiger partial charge in [-0.2, -0.15) is 5.10 Å². The zero-order valence-corrected chi connectivity index (χ0v) is 16.3. The van der Waals surface area contributed by atoms with Crippen LogP contribution in [0.4, 0.5) is 11.6 Å². The number of amides is 1. The van der Waals surface area contributed by atoms with Crippen LogP contribution in [0.1, 0.15) is 43.1 Å². The van der Waals surface area contributed by atoms with Gasteiger partial charge in [-0.25, -0.2) is 9.67 Å². The summed E-state index contributed by atoms with van der Waals surface area (Å²) in [4.78, 5) is 19.5. The Kier molecular flexibility index (Phi) is 5.10. The van der Waals surface area contributed by atoms with Crippen LogP contribution in [0.15, 0.2) is 54.7 Å². The van der Waals surface area contributed by atoms with Crippen molar-refractivity contribution >= 4 is 17.5 Å². The van der Waals surface area contributed by atoms with E-state index in [4.69, 9.17) is 0 Å². The lowest BCUT2D eigenvalue weighted by atomic mass is 10.1. The number of nitrogens with zero attached hydrogens (tertiary/aromatic N) is 4. The molecule has 1 saturated heterocycles. The standard InChI is InChI=1S/C22H25N5O/c1-16(2)27-21(14-19(25-27)17-8-4-3-5-9-17)24-22(28)18-10-11-20(23-15-18)26-12-6-7-13-26/h3-5,8-11,14-16H,6-7,12-13H2,1-2H3,(H,24,28). The number of benzene rings is 1. The summed E-state index contributed by atoms with van der Waals surface area (Å²) in [7, 11) is 0. The molecule has 0 unspecified atom stereocenters. The number of carbonyl (C=O) groups is 1. The predicted molar refractivity (Wildman–Crippen MR) is 112 cm³/mol. The number of anilines is 2. The Labute approximate surface area is 165 Å². The van der Waals surface area contributed by atoms with Crippen LogP contribution in [0.2, 0.25) is 0 Å². The van der Waals surface area contributed by atoms with Crippen LogP contribution in [0.3, 0.4) is 0 Å². The number of aromatic nitrogens is 3. The average molecular weight is 375 g/mol. The van der Waals surface area contributed by atoms with Gasteiger partial charge in [0.15, 0.2) is 0 Å². The monoisotopic (exact) mass is 375 g/mol. The molecule has 0 atom stereocenters. The molecule has 0 aliphatic carbocycles. The fourth-order valence-corrected chi connectivity index (χ4v) is 3.47. The van der Waals surface area contributed by atoms with Crippen molar-refractivity contribution in [2.45, 2.75) is 32.7 Å². The molecule has 1 N–H and O–H groups in total. The topological polar surface area (TPSA) is 63.1 Å². The second-order valence-electron chi connectivity index (χ2n) is 7.37. The van der Waals surface area contributed by atoms with Gasteiger partial charge in [-0.05, 0) is 38.8 Å². The van der Waals surface area contributed by atoms with Gasteiger partial charge >= 0.3 is 0 Å². The van der Waals surface area contributed by atoms with Crippen LogP contribution < -0.4 is 10.2 Å². The lowest BCUT2D eigenvalue weighted by molar-refractivity contribution is 0.102. The molecule has 1 fully saturated rings. The van der Waals surface area contributed by atoms with E-state index in [1.165, 1.54) is 12.8 Å². The van der Waals surface area contributed by atoms with E-state index >= 15 is 0 Å². The third-order valence-electron chi connectivity index (χ3n) is 4.98. The van der Waals surface area contributed by atoms with Gasteiger partial charge in [0.2, 0.25) is 0 Å². The minimum absolute atomic E-state index is 0.128. The summed E-state index contributed by atoms with van der Waals surface area (Å²) in [5.41, 5.74) is 2.40. The minimum atomic E-state index is -0.179. The largest absolute Gasteiger partial charge is 0.357 e. The highest BCUT2D eigenvalue weighted by atomic mass is 16.1. The first-order valence-electron chi connectivity index (χ1n) is 9.79. The number of carbonyl (C=O) groups excluding carboxylic acids is 1. The molecule has 0 saturated carbocycles. The zero-order chi connectivity index (χ0) is 19.5. The van der Waals surface area contributed by atoms with Crippen molar-refractivity contribution in [1.82, 2.24) is 14.8 Å². The molecule has 0 radical (unpaired) electrons. The van der Waals surface area contributed by atoms with Crippen molar-refractivity contribution in [3.8, 4) is 11.3 Å². The van der Waals surface area contributed by atoms with E-state index in [0.29, 0.717) is 11.4 Å². The molecule has 0 spiro atoms. The van der Waals surface area contributed by atoms with Gasteiger partial charge < -0.3 is 10.2 Å². The van der Waals surface area contributed by atoms with Crippen molar-refractivity contribution in [2.24, 2.45) is 0 Å². The molecule has 3 heterocycles. The van der Waals surface area contributed by atoms with Crippen LogP contribution in [-0.2, 0) is 0 Å². The molecule has 28 heavy (non-hydrogen) atoms. The van der Waals surface area contributed by atoms with Crippen molar-refractivity contribution in [2.75, 3.05) is 23.3 Å². The van der Waals surface area contributed by atoms with Crippen LogP contribution in [-0.4, -0.2) is 33.8 Å². The highest BCUT2D eigenvalue weighted by Crippen LogP contribution is 2.25. The molecule has 4 rings (SSSR count). The van der Waals surface area contributed by atoms with Crippen molar-refractivity contribution in [1.29, 1.82) is 0 Å². The molecule has 144 valence electrons. The molecule has 1 aliphatic heterocycles. The second kappa shape index (κ2) is 7.84. The number of nitrogens with one attached hydrogen (secondary N) is 1. The van der Waals surface area contributed by atoms with Gasteiger partial charge in [0.25, 0.3) is 5.91 Å². The lowest BCUT2D eigenvalue weighted by Crippen LogP contribution is -2.20. The Morgan fingerprint density at radius 2 is 1.82 bits per heavy atom. The first kappa shape index (κ1) is 18.2. The SMILES string of the molecule is CC(C)n1nc(-c2ccccc2)cc1NC(=O)c1ccc(N2CCCC2)nc1. The van der Waals surface area contributed by atoms with Gasteiger partial charge in [0.1, 0.15) is 11.6 Å². The normalized spacial score (nSPS) is 13.9. The molecular formula is C22H25N5O. The Bertz CT molecular complexity index is 941. The summed E-state index contributed by atoms with van der Waals surface area (Å²) in [5, 5.41) is 7.67. The molecule has 0 bridgehead atoms. The number of hydrogen-bond acceptors (Lipinski definition) is 4. The van der Waals surface area contributed by atoms with E-state index in [9.17, 15) is 4.79 Å². The maximum Gasteiger partial charge on any atom is 0.258 e. The number of rotatable bonds is 5. The molecule has 6 nitrogen and oxygen atoms in total. The maximum atomic E-state index is 12.8. The van der Waals surface area contributed by atoms with E-state index in [1.807, 2.05) is 67.1 Å². The van der Waals surface area contributed by atoms with Crippen molar-refractivity contribution < 1.29 is 4.79 Å². The summed E-state index contributed by atoms with van der Waals surface area (Å²) < 4.78 is 1.84. The third-order valence-corrected chi connectivity index (χ3v) is 4.98. The molecule has 1 aliphatic rings. The van der Waals surface area contributed by atoms with Crippen LogP contribution in [0, 0.1) is 0 Å². The highest BCUT2D eigenvalue weighted by Gasteiger charge is 2.17. The van der Waals surface area contributed by atoms with E-state index < -0.39 is 0 Å². The summed E-state index contributed by atoms with van der Waals surface area (Å²) in [6, 6.07) is 15.8. The quantitative estimate of drug-likeness (QED) is 0.719. The van der Waals surface area contributed by atoms with E-state index in [0.717, 1.165) is 30.2 Å². The minimum Gasteiger partial charge on any atom is -0.357 e. The summed E-state index contributed by atoms with van der Waals surface area (Å²) >= 11 is 0. The Morgan fingerprint density at radius 3 is 2.46 bits per heavy atom. The lowest BCUT2D eigenvalue weighted by Gasteiger charge is -2.16. The average Bonchev–Trinajstić information content (AvgIpc) is 3.39. The molecule has 1 amide bonds. The van der Waals surface area contributed by atoms with E-state index in [1.54, 1.807) is 6.20 Å². The zero-order valence-electron chi connectivity index (χ0n) is 16.3. The van der Waals surface area contributed by atoms with Gasteiger partial charge in [0.05, 0.1) is 11.3 Å². The first-order valence-corrected chi connectivity index (χ1v) is 9.79. The number of pyridine rings is 1. The first-order chi connectivity index (χ1) is 13.6.